The molecule has 2 N–H and O–H groups in total. The van der Waals surface area contributed by atoms with Crippen molar-refractivity contribution in [1.82, 2.24) is 14.5 Å². The van der Waals surface area contributed by atoms with Crippen molar-refractivity contribution in [2.45, 2.75) is 25.0 Å². The van der Waals surface area contributed by atoms with Gasteiger partial charge < -0.3 is 15.0 Å². The van der Waals surface area contributed by atoms with E-state index in [2.05, 4.69) is 9.88 Å². The van der Waals surface area contributed by atoms with Gasteiger partial charge in [-0.2, -0.15) is 0 Å². The van der Waals surface area contributed by atoms with Gasteiger partial charge in [0.05, 0.1) is 10.9 Å². The van der Waals surface area contributed by atoms with Crippen molar-refractivity contribution in [2.24, 2.45) is 5.92 Å². The molecule has 174 valence electrons. The van der Waals surface area contributed by atoms with Gasteiger partial charge >= 0.3 is 5.69 Å². The number of nitrogens with zero attached hydrogens (tertiary/aromatic N) is 2. The molecule has 1 saturated heterocycles. The number of hydrogen-bond acceptors (Lipinski definition) is 4. The number of H-pyrrole nitrogens is 1. The van der Waals surface area contributed by atoms with Gasteiger partial charge in [-0.3, -0.25) is 9.36 Å². The van der Waals surface area contributed by atoms with Crippen molar-refractivity contribution in [3.05, 3.63) is 117 Å². The summed E-state index contributed by atoms with van der Waals surface area (Å²) in [7, 11) is 0. The van der Waals surface area contributed by atoms with E-state index < -0.39 is 5.60 Å². The third-order valence-electron chi connectivity index (χ3n) is 7.14. The van der Waals surface area contributed by atoms with Crippen molar-refractivity contribution in [3.63, 3.8) is 0 Å². The van der Waals surface area contributed by atoms with Crippen LogP contribution in [0.3, 0.4) is 0 Å². The molecule has 4 aromatic rings. The zero-order chi connectivity index (χ0) is 23.5. The number of benzene rings is 3. The summed E-state index contributed by atoms with van der Waals surface area (Å²) in [5, 5.41) is 12.6. The molecule has 1 aliphatic heterocycles. The van der Waals surface area contributed by atoms with E-state index in [0.717, 1.165) is 37.1 Å². The number of piperidine rings is 1. The fraction of sp³-hybridized carbons (Fsp3) is 0.286. The highest BCUT2D eigenvalue weighted by Gasteiger charge is 2.41. The fourth-order valence-corrected chi connectivity index (χ4v) is 5.24. The average molecular weight is 456 g/mol. The monoisotopic (exact) mass is 455 g/mol. The maximum absolute atomic E-state index is 12.8. The highest BCUT2D eigenvalue weighted by molar-refractivity contribution is 5.76. The first-order chi connectivity index (χ1) is 16.6. The Morgan fingerprint density at radius 1 is 0.794 bits per heavy atom. The van der Waals surface area contributed by atoms with E-state index >= 15 is 0 Å². The van der Waals surface area contributed by atoms with Crippen LogP contribution in [0.5, 0.6) is 0 Å². The van der Waals surface area contributed by atoms with E-state index in [-0.39, 0.29) is 17.2 Å². The Balaban J connectivity index is 1.31. The van der Waals surface area contributed by atoms with Gasteiger partial charge in [0.15, 0.2) is 0 Å². The minimum Gasteiger partial charge on any atom is -0.380 e. The predicted octanol–water partition coefficient (Wildman–Crippen LogP) is 3.34. The smallest absolute Gasteiger partial charge is 0.328 e. The molecule has 2 heterocycles. The van der Waals surface area contributed by atoms with Crippen molar-refractivity contribution in [2.75, 3.05) is 19.6 Å². The van der Waals surface area contributed by atoms with Crippen LogP contribution in [0.15, 0.2) is 94.5 Å². The first kappa shape index (κ1) is 22.3. The van der Waals surface area contributed by atoms with Gasteiger partial charge in [0.2, 0.25) is 0 Å². The Kier molecular flexibility index (Phi) is 6.18. The number of hydrogen-bond donors (Lipinski definition) is 2. The average Bonchev–Trinajstić information content (AvgIpc) is 2.89. The Bertz CT molecular complexity index is 1330. The van der Waals surface area contributed by atoms with Gasteiger partial charge in [0, 0.05) is 13.1 Å². The third kappa shape index (κ3) is 4.11. The molecule has 6 heteroatoms. The Labute approximate surface area is 198 Å². The van der Waals surface area contributed by atoms with Gasteiger partial charge in [-0.15, -0.1) is 0 Å². The summed E-state index contributed by atoms with van der Waals surface area (Å²) in [6.45, 7) is 2.55. The van der Waals surface area contributed by atoms with Crippen molar-refractivity contribution >= 4 is 10.9 Å². The molecule has 0 radical (unpaired) electrons. The number of rotatable bonds is 6. The van der Waals surface area contributed by atoms with Crippen LogP contribution in [0, 0.1) is 5.92 Å². The van der Waals surface area contributed by atoms with E-state index in [1.54, 1.807) is 24.3 Å². The van der Waals surface area contributed by atoms with Gasteiger partial charge in [-0.25, -0.2) is 4.79 Å². The fourth-order valence-electron chi connectivity index (χ4n) is 5.24. The summed E-state index contributed by atoms with van der Waals surface area (Å²) < 4.78 is 1.29. The molecule has 6 nitrogen and oxygen atoms in total. The second-order valence-corrected chi connectivity index (χ2v) is 9.05. The lowest BCUT2D eigenvalue weighted by molar-refractivity contribution is -0.0145. The van der Waals surface area contributed by atoms with Gasteiger partial charge in [-0.05, 0) is 55.1 Å². The highest BCUT2D eigenvalue weighted by atomic mass is 16.3. The van der Waals surface area contributed by atoms with Gasteiger partial charge in [-0.1, -0.05) is 72.8 Å². The van der Waals surface area contributed by atoms with Gasteiger partial charge in [0.25, 0.3) is 5.56 Å². The van der Waals surface area contributed by atoms with E-state index in [0.29, 0.717) is 24.0 Å². The van der Waals surface area contributed by atoms with Crippen LogP contribution in [0.1, 0.15) is 24.0 Å². The highest BCUT2D eigenvalue weighted by Crippen LogP contribution is 2.41. The lowest BCUT2D eigenvalue weighted by atomic mass is 9.72. The van der Waals surface area contributed by atoms with Crippen LogP contribution in [-0.4, -0.2) is 39.2 Å². The molecule has 0 unspecified atom stereocenters. The zero-order valence-electron chi connectivity index (χ0n) is 19.1. The van der Waals surface area contributed by atoms with Crippen LogP contribution < -0.4 is 11.2 Å². The topological polar surface area (TPSA) is 78.3 Å². The first-order valence-electron chi connectivity index (χ1n) is 11.8. The number of para-hydroxylation sites is 1. The summed E-state index contributed by atoms with van der Waals surface area (Å²) in [4.78, 5) is 30.4. The Morgan fingerprint density at radius 3 is 1.97 bits per heavy atom. The minimum absolute atomic E-state index is 0.0698. The van der Waals surface area contributed by atoms with E-state index in [9.17, 15) is 14.7 Å². The Hall–Kier alpha value is -3.48. The number of nitrogens with one attached hydrogen (secondary N) is 1. The normalized spacial score (nSPS) is 15.6. The molecule has 0 saturated carbocycles. The summed E-state index contributed by atoms with van der Waals surface area (Å²) >= 11 is 0. The second-order valence-electron chi connectivity index (χ2n) is 9.05. The molecule has 34 heavy (non-hydrogen) atoms. The van der Waals surface area contributed by atoms with Crippen LogP contribution in [-0.2, 0) is 12.1 Å². The summed E-state index contributed by atoms with van der Waals surface area (Å²) in [6, 6.07) is 26.9. The second kappa shape index (κ2) is 9.41. The summed E-state index contributed by atoms with van der Waals surface area (Å²) in [5.74, 6) is 0.0698. The molecule has 0 atom stereocenters. The van der Waals surface area contributed by atoms with Crippen molar-refractivity contribution in [3.8, 4) is 0 Å². The largest absolute Gasteiger partial charge is 0.380 e. The van der Waals surface area contributed by atoms with Crippen LogP contribution in [0.2, 0.25) is 0 Å². The molecule has 0 spiro atoms. The van der Waals surface area contributed by atoms with Crippen LogP contribution in [0.4, 0.5) is 0 Å². The molecule has 1 fully saturated rings. The predicted molar refractivity (Wildman–Crippen MR) is 134 cm³/mol. The van der Waals surface area contributed by atoms with Crippen molar-refractivity contribution < 1.29 is 5.11 Å². The number of aromatic nitrogens is 2. The lowest BCUT2D eigenvalue weighted by Crippen LogP contribution is -2.46. The molecule has 0 bridgehead atoms. The Morgan fingerprint density at radius 2 is 1.35 bits per heavy atom. The van der Waals surface area contributed by atoms with Crippen LogP contribution >= 0.6 is 0 Å². The molecule has 1 aromatic heterocycles. The lowest BCUT2D eigenvalue weighted by Gasteiger charge is -2.42. The summed E-state index contributed by atoms with van der Waals surface area (Å²) in [6.07, 6.45) is 1.65. The maximum Gasteiger partial charge on any atom is 0.328 e. The SMILES string of the molecule is O=c1[nH]c2ccccc2c(=O)n1CCN1CCC(C(O)(c2ccccc2)c2ccccc2)CC1. The molecule has 0 amide bonds. The van der Waals surface area contributed by atoms with E-state index in [1.165, 1.54) is 4.57 Å². The van der Waals surface area contributed by atoms with Gasteiger partial charge in [0.1, 0.15) is 5.60 Å². The van der Waals surface area contributed by atoms with Crippen molar-refractivity contribution in [1.29, 1.82) is 0 Å². The number of fused-ring (bicyclic) bond motifs is 1. The molecule has 3 aromatic carbocycles. The van der Waals surface area contributed by atoms with E-state index in [4.69, 9.17) is 0 Å². The molecular formula is C28H29N3O3. The maximum atomic E-state index is 12.8. The third-order valence-corrected chi connectivity index (χ3v) is 7.14. The number of likely N-dealkylation sites (tertiary alicyclic amines) is 1. The minimum atomic E-state index is -1.05. The number of aromatic amines is 1. The zero-order valence-corrected chi connectivity index (χ0v) is 19.1. The molecule has 1 aliphatic rings. The summed E-state index contributed by atoms with van der Waals surface area (Å²) in [5.41, 5.74) is 0.706. The van der Waals surface area contributed by atoms with E-state index in [1.807, 2.05) is 60.7 Å². The quantitative estimate of drug-likeness (QED) is 0.468. The molecule has 0 aliphatic carbocycles. The number of aliphatic hydroxyl groups is 1. The standard InChI is InChI=1S/C28H29N3O3/c32-26-24-13-7-8-14-25(24)29-27(33)31(26)20-19-30-17-15-23(16-18-30)28(34,21-9-3-1-4-10-21)22-11-5-2-6-12-22/h1-14,23,34H,15-20H2,(H,29,33). The van der Waals surface area contributed by atoms with Crippen LogP contribution in [0.25, 0.3) is 10.9 Å². The molecular weight excluding hydrogens is 426 g/mol. The first-order valence-corrected chi connectivity index (χ1v) is 11.8. The molecule has 5 rings (SSSR count).